The molecule has 3 heterocycles. The Morgan fingerprint density at radius 2 is 1.14 bits per heavy atom. The van der Waals surface area contributed by atoms with Gasteiger partial charge in [-0.2, -0.15) is 0 Å². The minimum atomic E-state index is -0.767. The Bertz CT molecular complexity index is 1170. The molecule has 0 unspecified atom stereocenters. The highest BCUT2D eigenvalue weighted by Crippen LogP contribution is 2.25. The lowest BCUT2D eigenvalue weighted by atomic mass is 10.1. The highest BCUT2D eigenvalue weighted by molar-refractivity contribution is 7.91. The lowest BCUT2D eigenvalue weighted by Gasteiger charge is -2.27. The third-order valence-electron chi connectivity index (χ3n) is 6.46. The van der Waals surface area contributed by atoms with E-state index in [9.17, 15) is 18.7 Å². The fourth-order valence-corrected chi connectivity index (χ4v) is 6.71. The van der Waals surface area contributed by atoms with Crippen LogP contribution < -0.4 is 10.6 Å². The number of carbonyl (C=O) groups is 2. The van der Waals surface area contributed by atoms with Crippen molar-refractivity contribution in [2.75, 3.05) is 72.9 Å². The Hall–Kier alpha value is -2.45. The van der Waals surface area contributed by atoms with Gasteiger partial charge in [-0.05, 0) is 30.3 Å². The van der Waals surface area contributed by atoms with Crippen LogP contribution >= 0.6 is 0 Å². The van der Waals surface area contributed by atoms with Crippen molar-refractivity contribution in [1.29, 1.82) is 0 Å². The van der Waals surface area contributed by atoms with E-state index in [4.69, 9.17) is 4.98 Å². The number of hydrogen-bond acceptors (Lipinski definition) is 7. The second kappa shape index (κ2) is 12.4. The molecule has 0 spiro atoms. The monoisotopic (exact) mass is 545 g/mol. The second-order valence-corrected chi connectivity index (χ2v) is 12.5. The molecule has 0 aliphatic carbocycles. The normalized spacial score (nSPS) is 18.0. The quantitative estimate of drug-likeness (QED) is 0.339. The van der Waals surface area contributed by atoms with Gasteiger partial charge in [-0.25, -0.2) is 4.98 Å². The fraction of sp³-hybridized carbons (Fsp3) is 0.400. The summed E-state index contributed by atoms with van der Waals surface area (Å²) in [5.74, 6) is 2.25. The summed E-state index contributed by atoms with van der Waals surface area (Å²) in [4.78, 5) is 33.8. The van der Waals surface area contributed by atoms with Crippen LogP contribution in [0.2, 0.25) is 0 Å². The number of hydrogen-bond donors (Lipinski definition) is 2. The molecule has 2 fully saturated rings. The van der Waals surface area contributed by atoms with E-state index in [2.05, 4.69) is 10.6 Å². The summed E-state index contributed by atoms with van der Waals surface area (Å²) in [6, 6.07) is 13.3. The molecule has 12 heteroatoms. The van der Waals surface area contributed by atoms with Gasteiger partial charge in [0.25, 0.3) is 0 Å². The van der Waals surface area contributed by atoms with Crippen LogP contribution in [0.25, 0.3) is 21.8 Å². The Kier molecular flexibility index (Phi) is 9.24. The van der Waals surface area contributed by atoms with E-state index < -0.39 is 22.4 Å². The van der Waals surface area contributed by atoms with E-state index in [-0.39, 0.29) is 30.4 Å². The van der Waals surface area contributed by atoms with Gasteiger partial charge in [0.2, 0.25) is 11.8 Å². The van der Waals surface area contributed by atoms with Gasteiger partial charge < -0.3 is 25.2 Å². The molecule has 0 bridgehead atoms. The van der Waals surface area contributed by atoms with Gasteiger partial charge >= 0.3 is 0 Å². The van der Waals surface area contributed by atoms with Crippen LogP contribution in [-0.2, 0) is 31.9 Å². The molecule has 37 heavy (non-hydrogen) atoms. The minimum absolute atomic E-state index is 0. The van der Waals surface area contributed by atoms with Crippen LogP contribution in [-0.4, -0.2) is 103 Å². The van der Waals surface area contributed by atoms with Gasteiger partial charge in [-0.3, -0.25) is 19.4 Å². The smallest absolute Gasteiger partial charge is 0.238 e. The molecule has 0 radical (unpaired) electrons. The number of amides is 2. The molecule has 2 aromatic carbocycles. The van der Waals surface area contributed by atoms with E-state index in [0.717, 1.165) is 21.8 Å². The van der Waals surface area contributed by atoms with Gasteiger partial charge in [-0.1, -0.05) is 34.5 Å². The average Bonchev–Trinajstić information content (AvgIpc) is 2.85. The van der Waals surface area contributed by atoms with Crippen molar-refractivity contribution in [3.05, 3.63) is 42.5 Å². The Morgan fingerprint density at radius 3 is 1.54 bits per heavy atom. The molecule has 10 nitrogen and oxygen atoms in total. The molecular formula is C25H31N5O5S2. The SMILES string of the molecule is O.O=C(CN1CC[S+]([O-])CC1)Nc1ccc2cc3ccc(NC(=O)CN4CC[S+]([O-])CC4)cc3nc2c1. The van der Waals surface area contributed by atoms with Gasteiger partial charge in [0, 0.05) is 48.3 Å². The minimum Gasteiger partial charge on any atom is -0.616 e. The summed E-state index contributed by atoms with van der Waals surface area (Å²) in [7, 11) is 0. The third-order valence-corrected chi connectivity index (χ3v) is 9.01. The molecule has 2 saturated heterocycles. The second-order valence-electron chi connectivity index (χ2n) is 9.15. The van der Waals surface area contributed by atoms with Crippen molar-refractivity contribution in [1.82, 2.24) is 14.8 Å². The summed E-state index contributed by atoms with van der Waals surface area (Å²) in [6.07, 6.45) is 0. The zero-order chi connectivity index (χ0) is 25.1. The number of carbonyl (C=O) groups excluding carboxylic acids is 2. The first kappa shape index (κ1) is 27.6. The number of nitrogens with zero attached hydrogens (tertiary/aromatic N) is 3. The number of aromatic nitrogens is 1. The van der Waals surface area contributed by atoms with Crippen LogP contribution in [0, 0.1) is 0 Å². The molecule has 2 amide bonds. The number of nitrogens with one attached hydrogen (secondary N) is 2. The molecule has 2 aliphatic rings. The maximum absolute atomic E-state index is 12.5. The van der Waals surface area contributed by atoms with E-state index in [0.29, 0.717) is 60.6 Å². The number of anilines is 2. The molecule has 0 saturated carbocycles. The molecule has 2 aliphatic heterocycles. The Labute approximate surface area is 221 Å². The third kappa shape index (κ3) is 7.32. The summed E-state index contributed by atoms with van der Waals surface area (Å²) < 4.78 is 23.0. The summed E-state index contributed by atoms with van der Waals surface area (Å²) in [5, 5.41) is 7.80. The number of rotatable bonds is 6. The first-order chi connectivity index (χ1) is 17.4. The number of pyridine rings is 1. The van der Waals surface area contributed by atoms with Crippen molar-refractivity contribution >= 4 is 67.3 Å². The van der Waals surface area contributed by atoms with Crippen LogP contribution in [0.1, 0.15) is 0 Å². The molecule has 1 aromatic heterocycles. The van der Waals surface area contributed by atoms with Crippen molar-refractivity contribution in [2.45, 2.75) is 0 Å². The van der Waals surface area contributed by atoms with Crippen molar-refractivity contribution in [2.24, 2.45) is 0 Å². The van der Waals surface area contributed by atoms with Gasteiger partial charge in [0.05, 0.1) is 24.1 Å². The van der Waals surface area contributed by atoms with E-state index in [1.807, 2.05) is 52.3 Å². The van der Waals surface area contributed by atoms with Gasteiger partial charge in [0.15, 0.2) is 0 Å². The zero-order valence-corrected chi connectivity index (χ0v) is 22.0. The molecule has 4 N–H and O–H groups in total. The van der Waals surface area contributed by atoms with E-state index in [1.165, 1.54) is 0 Å². The standard InChI is InChI=1S/C25H29N5O4S2.H2O/c31-24(16-29-5-9-35(33)10-6-29)26-20-3-1-18-13-19-2-4-21(15-23(19)28-22(18)14-20)27-25(32)17-30-7-11-36(34)12-8-30;/h1-4,13-15H,5-12,16-17H2,(H,26,31)(H,27,32);1H2. The van der Waals surface area contributed by atoms with Crippen LogP contribution in [0.3, 0.4) is 0 Å². The Balaban J connectivity index is 0.00000320. The zero-order valence-electron chi connectivity index (χ0n) is 20.4. The average molecular weight is 546 g/mol. The van der Waals surface area contributed by atoms with Gasteiger partial charge in [0.1, 0.15) is 23.0 Å². The maximum atomic E-state index is 12.5. The molecular weight excluding hydrogens is 514 g/mol. The van der Waals surface area contributed by atoms with Crippen LogP contribution in [0.15, 0.2) is 42.5 Å². The largest absolute Gasteiger partial charge is 0.616 e. The maximum Gasteiger partial charge on any atom is 0.238 e. The number of benzene rings is 2. The predicted octanol–water partition coefficient (Wildman–Crippen LogP) is 0.569. The van der Waals surface area contributed by atoms with Crippen LogP contribution in [0.4, 0.5) is 11.4 Å². The number of fused-ring (bicyclic) bond motifs is 2. The first-order valence-electron chi connectivity index (χ1n) is 12.0. The van der Waals surface area contributed by atoms with Crippen molar-refractivity contribution in [3.63, 3.8) is 0 Å². The first-order valence-corrected chi connectivity index (χ1v) is 15.0. The van der Waals surface area contributed by atoms with Crippen molar-refractivity contribution in [3.8, 4) is 0 Å². The topological polar surface area (TPSA) is 155 Å². The van der Waals surface area contributed by atoms with Crippen molar-refractivity contribution < 1.29 is 24.2 Å². The highest BCUT2D eigenvalue weighted by atomic mass is 32.2. The molecule has 0 atom stereocenters. The molecule has 5 rings (SSSR count). The molecule has 198 valence electrons. The van der Waals surface area contributed by atoms with Crippen LogP contribution in [0.5, 0.6) is 0 Å². The summed E-state index contributed by atoms with van der Waals surface area (Å²) in [5.41, 5.74) is 2.84. The lowest BCUT2D eigenvalue weighted by Crippen LogP contribution is -2.43. The van der Waals surface area contributed by atoms with E-state index in [1.54, 1.807) is 0 Å². The summed E-state index contributed by atoms with van der Waals surface area (Å²) in [6.45, 7) is 3.23. The highest BCUT2D eigenvalue weighted by Gasteiger charge is 2.22. The predicted molar refractivity (Wildman–Crippen MR) is 149 cm³/mol. The van der Waals surface area contributed by atoms with Gasteiger partial charge in [-0.15, -0.1) is 0 Å². The summed E-state index contributed by atoms with van der Waals surface area (Å²) >= 11 is -1.53. The van der Waals surface area contributed by atoms with E-state index >= 15 is 0 Å². The fourth-order valence-electron chi connectivity index (χ4n) is 4.45. The lowest BCUT2D eigenvalue weighted by molar-refractivity contribution is -0.118. The Morgan fingerprint density at radius 1 is 0.730 bits per heavy atom. The molecule has 3 aromatic rings.